The van der Waals surface area contributed by atoms with Gasteiger partial charge in [-0.2, -0.15) is 0 Å². The summed E-state index contributed by atoms with van der Waals surface area (Å²) in [5.41, 5.74) is -0.452. The van der Waals surface area contributed by atoms with E-state index >= 15 is 0 Å². The van der Waals surface area contributed by atoms with Gasteiger partial charge in [-0.05, 0) is 30.7 Å². The molecule has 2 aromatic rings. The maximum atomic E-state index is 13.8. The summed E-state index contributed by atoms with van der Waals surface area (Å²) in [4.78, 5) is 12.0. The van der Waals surface area contributed by atoms with Gasteiger partial charge in [0.2, 0.25) is 0 Å². The molecule has 2 aromatic carbocycles. The van der Waals surface area contributed by atoms with Crippen LogP contribution >= 0.6 is 23.2 Å². The fraction of sp³-hybridized carbons (Fsp3) is 0.0714. The fourth-order valence-electron chi connectivity index (χ4n) is 1.70. The van der Waals surface area contributed by atoms with Crippen LogP contribution < -0.4 is 5.32 Å². The number of halogens is 4. The Bertz CT molecular complexity index is 712. The Morgan fingerprint density at radius 1 is 1.19 bits per heavy atom. The van der Waals surface area contributed by atoms with Crippen molar-refractivity contribution in [1.29, 1.82) is 0 Å². The van der Waals surface area contributed by atoms with Gasteiger partial charge in [-0.1, -0.05) is 29.3 Å². The molecule has 110 valence electrons. The second-order valence-corrected chi connectivity index (χ2v) is 5.11. The minimum absolute atomic E-state index is 0.0945. The summed E-state index contributed by atoms with van der Waals surface area (Å²) in [5, 5.41) is 11.5. The molecular formula is C14H9Cl2F2NO2. The number of phenols is 1. The average Bonchev–Trinajstić information content (AvgIpc) is 2.40. The summed E-state index contributed by atoms with van der Waals surface area (Å²) in [6, 6.07) is 4.67. The SMILES string of the molecule is Cc1ccc(F)c(C(=O)Nc2cc(Cl)c(O)c(Cl)c2)c1F. The smallest absolute Gasteiger partial charge is 0.261 e. The second-order valence-electron chi connectivity index (χ2n) is 4.30. The van der Waals surface area contributed by atoms with Crippen molar-refractivity contribution in [3.63, 3.8) is 0 Å². The van der Waals surface area contributed by atoms with E-state index in [0.717, 1.165) is 6.07 Å². The number of amides is 1. The van der Waals surface area contributed by atoms with Crippen LogP contribution in [0.15, 0.2) is 24.3 Å². The summed E-state index contributed by atoms with van der Waals surface area (Å²) >= 11 is 11.4. The number of benzene rings is 2. The van der Waals surface area contributed by atoms with Crippen LogP contribution in [-0.2, 0) is 0 Å². The zero-order valence-electron chi connectivity index (χ0n) is 10.7. The molecule has 1 amide bonds. The predicted octanol–water partition coefficient (Wildman–Crippen LogP) is 4.54. The molecule has 0 aliphatic heterocycles. The van der Waals surface area contributed by atoms with E-state index in [1.54, 1.807) is 0 Å². The Hall–Kier alpha value is -1.85. The number of hydrogen-bond acceptors (Lipinski definition) is 2. The quantitative estimate of drug-likeness (QED) is 0.794. The number of anilines is 1. The standard InChI is InChI=1S/C14H9Cl2F2NO2/c1-6-2-3-10(17)11(12(6)18)14(21)19-7-4-8(15)13(20)9(16)5-7/h2-5,20H,1H3,(H,19,21). The molecule has 0 heterocycles. The summed E-state index contributed by atoms with van der Waals surface area (Å²) in [7, 11) is 0. The molecule has 0 bridgehead atoms. The molecule has 0 saturated carbocycles. The molecule has 0 aliphatic rings. The molecule has 0 atom stereocenters. The molecule has 21 heavy (non-hydrogen) atoms. The zero-order valence-corrected chi connectivity index (χ0v) is 12.2. The molecule has 7 heteroatoms. The Labute approximate surface area is 129 Å². The molecule has 0 spiro atoms. The summed E-state index contributed by atoms with van der Waals surface area (Å²) in [5.74, 6) is -3.24. The van der Waals surface area contributed by atoms with Crippen LogP contribution in [0.2, 0.25) is 10.0 Å². The van der Waals surface area contributed by atoms with Crippen LogP contribution in [0.1, 0.15) is 15.9 Å². The first kappa shape index (κ1) is 15.5. The van der Waals surface area contributed by atoms with Crippen LogP contribution in [0, 0.1) is 18.6 Å². The molecule has 0 radical (unpaired) electrons. The monoisotopic (exact) mass is 331 g/mol. The molecule has 0 unspecified atom stereocenters. The molecule has 0 aliphatic carbocycles. The Morgan fingerprint density at radius 3 is 2.33 bits per heavy atom. The first-order valence-corrected chi connectivity index (χ1v) is 6.50. The number of phenolic OH excluding ortho intramolecular Hbond substituents is 1. The summed E-state index contributed by atoms with van der Waals surface area (Å²) < 4.78 is 27.5. The molecule has 0 fully saturated rings. The van der Waals surface area contributed by atoms with E-state index in [0.29, 0.717) is 0 Å². The maximum absolute atomic E-state index is 13.8. The van der Waals surface area contributed by atoms with Crippen molar-refractivity contribution in [3.8, 4) is 5.75 Å². The number of aromatic hydroxyl groups is 1. The van der Waals surface area contributed by atoms with Gasteiger partial charge in [0.15, 0.2) is 5.75 Å². The second kappa shape index (κ2) is 5.87. The summed E-state index contributed by atoms with van der Waals surface area (Å²) in [6.45, 7) is 1.42. The molecule has 0 saturated heterocycles. The molecule has 2 rings (SSSR count). The fourth-order valence-corrected chi connectivity index (χ4v) is 2.18. The highest BCUT2D eigenvalue weighted by Gasteiger charge is 2.20. The van der Waals surface area contributed by atoms with Gasteiger partial charge in [-0.25, -0.2) is 8.78 Å². The van der Waals surface area contributed by atoms with Crippen LogP contribution in [0.5, 0.6) is 5.75 Å². The first-order valence-electron chi connectivity index (χ1n) is 5.75. The minimum atomic E-state index is -0.980. The molecule has 2 N–H and O–H groups in total. The van der Waals surface area contributed by atoms with Crippen molar-refractivity contribution in [2.75, 3.05) is 5.32 Å². The highest BCUT2D eigenvalue weighted by molar-refractivity contribution is 6.37. The van der Waals surface area contributed by atoms with Crippen molar-refractivity contribution in [1.82, 2.24) is 0 Å². The number of aryl methyl sites for hydroxylation is 1. The lowest BCUT2D eigenvalue weighted by Crippen LogP contribution is -2.16. The molecule has 3 nitrogen and oxygen atoms in total. The number of nitrogens with one attached hydrogen (secondary N) is 1. The van der Waals surface area contributed by atoms with Crippen molar-refractivity contribution >= 4 is 34.8 Å². The van der Waals surface area contributed by atoms with Gasteiger partial charge >= 0.3 is 0 Å². The van der Waals surface area contributed by atoms with Crippen molar-refractivity contribution in [2.45, 2.75) is 6.92 Å². The number of hydrogen-bond donors (Lipinski definition) is 2. The lowest BCUT2D eigenvalue weighted by atomic mass is 10.1. The third-order valence-corrected chi connectivity index (χ3v) is 3.36. The van der Waals surface area contributed by atoms with Crippen LogP contribution in [0.3, 0.4) is 0 Å². The predicted molar refractivity (Wildman–Crippen MR) is 77.2 cm³/mol. The Kier molecular flexibility index (Phi) is 4.34. The highest BCUT2D eigenvalue weighted by Crippen LogP contribution is 2.34. The Balaban J connectivity index is 2.37. The van der Waals surface area contributed by atoms with Gasteiger partial charge in [0.05, 0.1) is 10.0 Å². The van der Waals surface area contributed by atoms with E-state index in [1.165, 1.54) is 25.1 Å². The van der Waals surface area contributed by atoms with E-state index in [9.17, 15) is 18.7 Å². The third-order valence-electron chi connectivity index (χ3n) is 2.79. The van der Waals surface area contributed by atoms with Gasteiger partial charge in [0.25, 0.3) is 5.91 Å². The first-order chi connectivity index (χ1) is 9.81. The van der Waals surface area contributed by atoms with Gasteiger partial charge < -0.3 is 10.4 Å². The van der Waals surface area contributed by atoms with E-state index in [-0.39, 0.29) is 27.0 Å². The van der Waals surface area contributed by atoms with Gasteiger partial charge in [-0.15, -0.1) is 0 Å². The minimum Gasteiger partial charge on any atom is -0.505 e. The van der Waals surface area contributed by atoms with Gasteiger partial charge in [0, 0.05) is 5.69 Å². The van der Waals surface area contributed by atoms with Crippen LogP contribution in [0.25, 0.3) is 0 Å². The third kappa shape index (κ3) is 3.09. The number of carbonyl (C=O) groups is 1. The van der Waals surface area contributed by atoms with Gasteiger partial charge in [-0.3, -0.25) is 4.79 Å². The number of carbonyl (C=O) groups excluding carboxylic acids is 1. The van der Waals surface area contributed by atoms with Crippen molar-refractivity contribution < 1.29 is 18.7 Å². The lowest BCUT2D eigenvalue weighted by Gasteiger charge is -2.10. The lowest BCUT2D eigenvalue weighted by molar-refractivity contribution is 0.101. The number of rotatable bonds is 2. The Morgan fingerprint density at radius 2 is 1.76 bits per heavy atom. The molecule has 0 aromatic heterocycles. The van der Waals surface area contributed by atoms with E-state index in [2.05, 4.69) is 5.32 Å². The topological polar surface area (TPSA) is 49.3 Å². The normalized spacial score (nSPS) is 10.5. The van der Waals surface area contributed by atoms with Crippen molar-refractivity contribution in [3.05, 3.63) is 57.1 Å². The maximum Gasteiger partial charge on any atom is 0.261 e. The average molecular weight is 332 g/mol. The van der Waals surface area contributed by atoms with E-state index < -0.39 is 23.1 Å². The molecular weight excluding hydrogens is 323 g/mol. The van der Waals surface area contributed by atoms with Gasteiger partial charge in [0.1, 0.15) is 17.2 Å². The van der Waals surface area contributed by atoms with Crippen molar-refractivity contribution in [2.24, 2.45) is 0 Å². The van der Waals surface area contributed by atoms with E-state index in [4.69, 9.17) is 23.2 Å². The van der Waals surface area contributed by atoms with E-state index in [1.807, 2.05) is 0 Å². The zero-order chi connectivity index (χ0) is 15.7. The van der Waals surface area contributed by atoms with Crippen LogP contribution in [-0.4, -0.2) is 11.0 Å². The largest absolute Gasteiger partial charge is 0.505 e. The summed E-state index contributed by atoms with van der Waals surface area (Å²) in [6.07, 6.45) is 0. The highest BCUT2D eigenvalue weighted by atomic mass is 35.5. The van der Waals surface area contributed by atoms with Crippen LogP contribution in [0.4, 0.5) is 14.5 Å².